The van der Waals surface area contributed by atoms with Crippen LogP contribution >= 0.6 is 0 Å². The van der Waals surface area contributed by atoms with Gasteiger partial charge >= 0.3 is 0 Å². The lowest BCUT2D eigenvalue weighted by molar-refractivity contribution is 0.212. The molecule has 1 aliphatic heterocycles. The molecule has 2 atom stereocenters. The maximum Gasteiger partial charge on any atom is 0.244 e. The normalized spacial score (nSPS) is 23.4. The molecule has 4 nitrogen and oxygen atoms in total. The topological polar surface area (TPSA) is 63.4 Å². The summed E-state index contributed by atoms with van der Waals surface area (Å²) in [5.74, 6) is 6.52. The summed E-state index contributed by atoms with van der Waals surface area (Å²) in [6.45, 7) is 5.64. The van der Waals surface area contributed by atoms with Crippen LogP contribution in [-0.2, 0) is 10.0 Å². The molecule has 2 unspecified atom stereocenters. The van der Waals surface area contributed by atoms with Crippen molar-refractivity contribution in [3.8, 4) is 11.8 Å². The molecule has 0 spiro atoms. The smallest absolute Gasteiger partial charge is 0.244 e. The van der Waals surface area contributed by atoms with Crippen molar-refractivity contribution in [3.05, 3.63) is 29.8 Å². The van der Waals surface area contributed by atoms with Gasteiger partial charge in [0.25, 0.3) is 0 Å². The van der Waals surface area contributed by atoms with E-state index in [9.17, 15) is 8.42 Å². The summed E-state index contributed by atoms with van der Waals surface area (Å²) in [6.07, 6.45) is 0.900. The van der Waals surface area contributed by atoms with Crippen molar-refractivity contribution in [3.63, 3.8) is 0 Å². The van der Waals surface area contributed by atoms with Crippen molar-refractivity contribution >= 4 is 10.0 Å². The van der Waals surface area contributed by atoms with Crippen molar-refractivity contribution in [1.29, 1.82) is 0 Å². The van der Waals surface area contributed by atoms with E-state index in [1.54, 1.807) is 28.6 Å². The minimum atomic E-state index is -3.49. The monoisotopic (exact) mass is 306 g/mol. The maximum absolute atomic E-state index is 12.9. The second-order valence-electron chi connectivity index (χ2n) is 5.61. The maximum atomic E-state index is 12.9. The van der Waals surface area contributed by atoms with Crippen LogP contribution < -0.4 is 5.73 Å². The van der Waals surface area contributed by atoms with Crippen LogP contribution in [0, 0.1) is 23.7 Å². The number of benzene rings is 1. The largest absolute Gasteiger partial charge is 0.320 e. The van der Waals surface area contributed by atoms with E-state index >= 15 is 0 Å². The van der Waals surface area contributed by atoms with E-state index in [4.69, 9.17) is 5.73 Å². The predicted molar refractivity (Wildman–Crippen MR) is 84.1 cm³/mol. The molecule has 1 fully saturated rings. The molecule has 0 saturated carbocycles. The van der Waals surface area contributed by atoms with Gasteiger partial charge in [-0.25, -0.2) is 8.42 Å². The van der Waals surface area contributed by atoms with Crippen LogP contribution in [0.5, 0.6) is 0 Å². The summed E-state index contributed by atoms with van der Waals surface area (Å²) in [7, 11) is -3.49. The molecule has 1 saturated heterocycles. The van der Waals surface area contributed by atoms with Gasteiger partial charge in [0.05, 0.1) is 11.4 Å². The molecule has 1 aliphatic rings. The third kappa shape index (κ3) is 3.46. The number of piperidine rings is 1. The Hall–Kier alpha value is -1.35. The molecular weight excluding hydrogens is 284 g/mol. The zero-order valence-electron chi connectivity index (χ0n) is 12.5. The van der Waals surface area contributed by atoms with Crippen LogP contribution in [0.15, 0.2) is 29.2 Å². The van der Waals surface area contributed by atoms with E-state index < -0.39 is 10.0 Å². The summed E-state index contributed by atoms with van der Waals surface area (Å²) < 4.78 is 27.3. The van der Waals surface area contributed by atoms with Crippen molar-refractivity contribution in [2.45, 2.75) is 25.2 Å². The summed E-state index contributed by atoms with van der Waals surface area (Å²) in [6, 6.07) is 6.88. The summed E-state index contributed by atoms with van der Waals surface area (Å²) in [5.41, 5.74) is 5.90. The van der Waals surface area contributed by atoms with E-state index in [-0.39, 0.29) is 11.4 Å². The molecule has 114 valence electrons. The Balaban J connectivity index is 2.36. The van der Waals surface area contributed by atoms with E-state index in [0.717, 1.165) is 6.42 Å². The zero-order chi connectivity index (χ0) is 15.5. The Bertz CT molecular complexity index is 658. The number of rotatable bonds is 2. The van der Waals surface area contributed by atoms with Gasteiger partial charge in [-0.15, -0.1) is 0 Å². The SMILES string of the molecule is CC1CCN(S(=O)(=O)c2ccccc2C#CCN)CC1C. The summed E-state index contributed by atoms with van der Waals surface area (Å²) in [4.78, 5) is 0.285. The van der Waals surface area contributed by atoms with Crippen molar-refractivity contribution in [2.24, 2.45) is 17.6 Å². The number of sulfonamides is 1. The second kappa shape index (κ2) is 6.61. The Kier molecular flexibility index (Phi) is 5.04. The Labute approximate surface area is 127 Å². The molecule has 0 amide bonds. The van der Waals surface area contributed by atoms with Crippen molar-refractivity contribution < 1.29 is 8.42 Å². The minimum absolute atomic E-state index is 0.215. The van der Waals surface area contributed by atoms with Gasteiger partial charge in [0.2, 0.25) is 10.0 Å². The molecule has 2 rings (SSSR count). The molecule has 2 N–H and O–H groups in total. The summed E-state index contributed by atoms with van der Waals surface area (Å²) in [5, 5.41) is 0. The molecule has 5 heteroatoms. The third-order valence-electron chi connectivity index (χ3n) is 4.13. The van der Waals surface area contributed by atoms with Crippen LogP contribution in [0.3, 0.4) is 0 Å². The molecule has 1 heterocycles. The average molecular weight is 306 g/mol. The highest BCUT2D eigenvalue weighted by Crippen LogP contribution is 2.28. The first-order valence-corrected chi connectivity index (χ1v) is 8.69. The molecule has 0 radical (unpaired) electrons. The first-order chi connectivity index (χ1) is 9.96. The van der Waals surface area contributed by atoms with E-state index in [0.29, 0.717) is 30.5 Å². The van der Waals surface area contributed by atoms with E-state index in [2.05, 4.69) is 25.7 Å². The van der Waals surface area contributed by atoms with Gasteiger partial charge in [0.1, 0.15) is 0 Å². The Morgan fingerprint density at radius 1 is 1.29 bits per heavy atom. The van der Waals surface area contributed by atoms with Gasteiger partial charge in [-0.1, -0.05) is 37.8 Å². The van der Waals surface area contributed by atoms with Crippen LogP contribution in [-0.4, -0.2) is 32.4 Å². The van der Waals surface area contributed by atoms with Crippen molar-refractivity contribution in [2.75, 3.05) is 19.6 Å². The van der Waals surface area contributed by atoms with E-state index in [1.165, 1.54) is 0 Å². The van der Waals surface area contributed by atoms with E-state index in [1.807, 2.05) is 0 Å². The van der Waals surface area contributed by atoms with Gasteiger partial charge in [-0.3, -0.25) is 0 Å². The standard InChI is InChI=1S/C16H22N2O2S/c1-13-9-11-18(12-14(13)2)21(19,20)16-8-4-3-6-15(16)7-5-10-17/h3-4,6,8,13-14H,9-12,17H2,1-2H3. The molecule has 0 aromatic heterocycles. The molecule has 0 aliphatic carbocycles. The lowest BCUT2D eigenvalue weighted by Gasteiger charge is -2.34. The van der Waals surface area contributed by atoms with Gasteiger partial charge < -0.3 is 5.73 Å². The highest BCUT2D eigenvalue weighted by molar-refractivity contribution is 7.89. The Morgan fingerprint density at radius 3 is 2.67 bits per heavy atom. The fourth-order valence-corrected chi connectivity index (χ4v) is 4.23. The van der Waals surface area contributed by atoms with Crippen LogP contribution in [0.1, 0.15) is 25.8 Å². The van der Waals surface area contributed by atoms with Gasteiger partial charge in [-0.05, 0) is 30.4 Å². The number of hydrogen-bond acceptors (Lipinski definition) is 3. The van der Waals surface area contributed by atoms with Crippen LogP contribution in [0.2, 0.25) is 0 Å². The first kappa shape index (κ1) is 16.0. The van der Waals surface area contributed by atoms with Gasteiger partial charge in [0.15, 0.2) is 0 Å². The predicted octanol–water partition coefficient (Wildman–Crippen LogP) is 1.66. The minimum Gasteiger partial charge on any atom is -0.320 e. The lowest BCUT2D eigenvalue weighted by atomic mass is 9.90. The number of hydrogen-bond donors (Lipinski definition) is 1. The average Bonchev–Trinajstić information content (AvgIpc) is 2.48. The van der Waals surface area contributed by atoms with Gasteiger partial charge in [-0.2, -0.15) is 4.31 Å². The molecule has 1 aromatic rings. The molecule has 1 aromatic carbocycles. The number of nitrogens with zero attached hydrogens (tertiary/aromatic N) is 1. The third-order valence-corrected chi connectivity index (χ3v) is 6.05. The van der Waals surface area contributed by atoms with Gasteiger partial charge in [0, 0.05) is 18.7 Å². The summed E-state index contributed by atoms with van der Waals surface area (Å²) >= 11 is 0. The van der Waals surface area contributed by atoms with Crippen LogP contribution in [0.4, 0.5) is 0 Å². The number of nitrogens with two attached hydrogens (primary N) is 1. The molecule has 0 bridgehead atoms. The molecule has 21 heavy (non-hydrogen) atoms. The Morgan fingerprint density at radius 2 is 2.00 bits per heavy atom. The first-order valence-electron chi connectivity index (χ1n) is 7.25. The lowest BCUT2D eigenvalue weighted by Crippen LogP contribution is -2.42. The second-order valence-corrected chi connectivity index (χ2v) is 7.51. The fourth-order valence-electron chi connectivity index (χ4n) is 2.52. The fraction of sp³-hybridized carbons (Fsp3) is 0.500. The molecular formula is C16H22N2O2S. The van der Waals surface area contributed by atoms with Crippen LogP contribution in [0.25, 0.3) is 0 Å². The van der Waals surface area contributed by atoms with Crippen molar-refractivity contribution in [1.82, 2.24) is 4.31 Å². The quantitative estimate of drug-likeness (QED) is 0.845. The zero-order valence-corrected chi connectivity index (χ0v) is 13.4. The highest BCUT2D eigenvalue weighted by atomic mass is 32.2. The highest BCUT2D eigenvalue weighted by Gasteiger charge is 2.32.